The van der Waals surface area contributed by atoms with Crippen molar-refractivity contribution in [1.29, 1.82) is 0 Å². The second-order valence-corrected chi connectivity index (χ2v) is 12.6. The molecule has 12 heteroatoms. The smallest absolute Gasteiger partial charge is 0.262 e. The van der Waals surface area contributed by atoms with Gasteiger partial charge in [-0.05, 0) is 87.0 Å². The molecule has 0 bridgehead atoms. The molecule has 2 fully saturated rings. The number of rotatable bonds is 11. The molecule has 0 aliphatic carbocycles. The lowest BCUT2D eigenvalue weighted by Crippen LogP contribution is -2.54. The SMILES string of the molecule is O=C1CCC(N2C(=O)c3ccc(NCCCCCCn4cc(-c5cnc6ccc(C7CCNCC7)cc6n5)cn4)cc3C2=O)C(=O)N1. The third-order valence-electron chi connectivity index (χ3n) is 9.39. The summed E-state index contributed by atoms with van der Waals surface area (Å²) in [5.74, 6) is -1.43. The summed E-state index contributed by atoms with van der Waals surface area (Å²) < 4.78 is 1.96. The van der Waals surface area contributed by atoms with Gasteiger partial charge in [0.2, 0.25) is 11.8 Å². The van der Waals surface area contributed by atoms with Crippen LogP contribution in [0, 0.1) is 0 Å². The third kappa shape index (κ3) is 6.50. The van der Waals surface area contributed by atoms with E-state index in [0.717, 1.165) is 97.6 Å². The van der Waals surface area contributed by atoms with E-state index < -0.39 is 29.7 Å². The Kier molecular flexibility index (Phi) is 8.75. The number of hydrogen-bond donors (Lipinski definition) is 3. The molecule has 12 nitrogen and oxygen atoms in total. The van der Waals surface area contributed by atoms with Crippen molar-refractivity contribution >= 4 is 40.3 Å². The molecule has 0 saturated carbocycles. The first-order chi connectivity index (χ1) is 22.9. The van der Waals surface area contributed by atoms with Crippen molar-refractivity contribution in [2.75, 3.05) is 25.0 Å². The largest absolute Gasteiger partial charge is 0.385 e. The maximum Gasteiger partial charge on any atom is 0.262 e. The number of unbranched alkanes of at least 4 members (excludes halogenated alkanes) is 3. The minimum Gasteiger partial charge on any atom is -0.385 e. The summed E-state index contributed by atoms with van der Waals surface area (Å²) in [7, 11) is 0. The number of anilines is 1. The predicted octanol–water partition coefficient (Wildman–Crippen LogP) is 4.03. The zero-order chi connectivity index (χ0) is 32.3. The fraction of sp³-hybridized carbons (Fsp3) is 0.400. The Bertz CT molecular complexity index is 1850. The lowest BCUT2D eigenvalue weighted by atomic mass is 9.90. The number of carbonyl (C=O) groups excluding carboxylic acids is 4. The number of aromatic nitrogens is 4. The number of piperidine rings is 2. The molecule has 3 aliphatic rings. The number of benzene rings is 2. The van der Waals surface area contributed by atoms with E-state index in [1.807, 2.05) is 23.3 Å². The van der Waals surface area contributed by atoms with E-state index >= 15 is 0 Å². The average Bonchev–Trinajstić information content (AvgIpc) is 3.66. The van der Waals surface area contributed by atoms with Gasteiger partial charge in [-0.15, -0.1) is 0 Å². The van der Waals surface area contributed by atoms with E-state index in [4.69, 9.17) is 4.98 Å². The molecule has 1 atom stereocenters. The summed E-state index contributed by atoms with van der Waals surface area (Å²) in [6.45, 7) is 3.66. The Balaban J connectivity index is 0.861. The van der Waals surface area contributed by atoms with Crippen LogP contribution in [0.1, 0.15) is 83.6 Å². The van der Waals surface area contributed by atoms with Crippen LogP contribution in [-0.2, 0) is 16.1 Å². The maximum absolute atomic E-state index is 13.0. The van der Waals surface area contributed by atoms with Crippen molar-refractivity contribution in [3.8, 4) is 11.3 Å². The monoisotopic (exact) mass is 634 g/mol. The predicted molar refractivity (Wildman–Crippen MR) is 176 cm³/mol. The molecule has 0 spiro atoms. The van der Waals surface area contributed by atoms with Crippen molar-refractivity contribution in [2.24, 2.45) is 0 Å². The Hall–Kier alpha value is -4.97. The zero-order valence-electron chi connectivity index (χ0n) is 26.2. The lowest BCUT2D eigenvalue weighted by Gasteiger charge is -2.27. The van der Waals surface area contributed by atoms with Gasteiger partial charge in [0.15, 0.2) is 0 Å². The Labute approximate surface area is 272 Å². The van der Waals surface area contributed by atoms with E-state index in [-0.39, 0.29) is 24.0 Å². The fourth-order valence-electron chi connectivity index (χ4n) is 6.76. The van der Waals surface area contributed by atoms with Gasteiger partial charge in [0.05, 0.1) is 40.2 Å². The van der Waals surface area contributed by atoms with Crippen LogP contribution in [0.4, 0.5) is 5.69 Å². The number of nitrogens with one attached hydrogen (secondary N) is 3. The second-order valence-electron chi connectivity index (χ2n) is 12.6. The number of nitrogens with zero attached hydrogens (tertiary/aromatic N) is 5. The van der Waals surface area contributed by atoms with Gasteiger partial charge in [0, 0.05) is 37.0 Å². The highest BCUT2D eigenvalue weighted by Gasteiger charge is 2.44. The molecule has 7 rings (SSSR count). The molecular formula is C35H38N8O4. The van der Waals surface area contributed by atoms with Gasteiger partial charge in [-0.25, -0.2) is 4.98 Å². The van der Waals surface area contributed by atoms with Crippen LogP contribution in [-0.4, -0.2) is 74.0 Å². The number of hydrogen-bond acceptors (Lipinski definition) is 9. The Morgan fingerprint density at radius 2 is 1.68 bits per heavy atom. The standard InChI is InChI=1S/C35H38N8O4/c44-32-10-9-31(33(45)41-32)43-34(46)26-7-6-25(18-27(26)35(43)47)37-13-3-1-2-4-16-42-21-24(19-39-42)30-20-38-28-8-5-23(17-29(28)40-30)22-11-14-36-15-12-22/h5-8,17-22,31,36-37H,1-4,9-16H2,(H,41,44,45). The zero-order valence-corrected chi connectivity index (χ0v) is 26.2. The van der Waals surface area contributed by atoms with Gasteiger partial charge in [0.1, 0.15) is 6.04 Å². The van der Waals surface area contributed by atoms with Gasteiger partial charge in [0.25, 0.3) is 11.8 Å². The molecule has 4 amide bonds. The molecule has 2 aromatic carbocycles. The van der Waals surface area contributed by atoms with Gasteiger partial charge in [-0.1, -0.05) is 18.9 Å². The minimum atomic E-state index is -0.963. The quantitative estimate of drug-likeness (QED) is 0.164. The number of imide groups is 2. The summed E-state index contributed by atoms with van der Waals surface area (Å²) in [5.41, 5.74) is 6.27. The first-order valence-electron chi connectivity index (χ1n) is 16.5. The summed E-state index contributed by atoms with van der Waals surface area (Å²) in [6, 6.07) is 10.6. The molecular weight excluding hydrogens is 596 g/mol. The molecule has 2 saturated heterocycles. The summed E-state index contributed by atoms with van der Waals surface area (Å²) in [6.07, 6.45) is 12.3. The highest BCUT2D eigenvalue weighted by atomic mass is 16.2. The van der Waals surface area contributed by atoms with E-state index in [1.54, 1.807) is 18.2 Å². The van der Waals surface area contributed by atoms with E-state index in [0.29, 0.717) is 5.92 Å². The molecule has 3 aliphatic heterocycles. The summed E-state index contributed by atoms with van der Waals surface area (Å²) in [5, 5.41) is 13.6. The number of fused-ring (bicyclic) bond motifs is 2. The highest BCUT2D eigenvalue weighted by Crippen LogP contribution is 2.30. The van der Waals surface area contributed by atoms with Gasteiger partial charge >= 0.3 is 0 Å². The van der Waals surface area contributed by atoms with Crippen molar-refractivity contribution in [3.63, 3.8) is 0 Å². The maximum atomic E-state index is 13.0. The van der Waals surface area contributed by atoms with Crippen LogP contribution < -0.4 is 16.0 Å². The Morgan fingerprint density at radius 1 is 0.851 bits per heavy atom. The first-order valence-corrected chi connectivity index (χ1v) is 16.5. The number of amides is 4. The summed E-state index contributed by atoms with van der Waals surface area (Å²) in [4.78, 5) is 60.3. The summed E-state index contributed by atoms with van der Waals surface area (Å²) >= 11 is 0. The van der Waals surface area contributed by atoms with E-state index in [2.05, 4.69) is 44.2 Å². The van der Waals surface area contributed by atoms with Crippen LogP contribution in [0.25, 0.3) is 22.3 Å². The van der Waals surface area contributed by atoms with Crippen LogP contribution in [0.3, 0.4) is 0 Å². The molecule has 1 unspecified atom stereocenters. The lowest BCUT2D eigenvalue weighted by molar-refractivity contribution is -0.136. The molecule has 47 heavy (non-hydrogen) atoms. The molecule has 0 radical (unpaired) electrons. The normalized spacial score (nSPS) is 18.6. The molecule has 2 aromatic heterocycles. The average molecular weight is 635 g/mol. The van der Waals surface area contributed by atoms with Crippen LogP contribution >= 0.6 is 0 Å². The van der Waals surface area contributed by atoms with Crippen LogP contribution in [0.2, 0.25) is 0 Å². The molecule has 5 heterocycles. The Morgan fingerprint density at radius 3 is 2.53 bits per heavy atom. The number of carbonyl (C=O) groups is 4. The second kappa shape index (κ2) is 13.4. The topological polar surface area (TPSA) is 151 Å². The van der Waals surface area contributed by atoms with E-state index in [9.17, 15) is 19.2 Å². The van der Waals surface area contributed by atoms with Crippen molar-refractivity contribution in [2.45, 2.75) is 69.9 Å². The van der Waals surface area contributed by atoms with Gasteiger partial charge < -0.3 is 10.6 Å². The fourth-order valence-corrected chi connectivity index (χ4v) is 6.76. The molecule has 4 aromatic rings. The van der Waals surface area contributed by atoms with Crippen molar-refractivity contribution in [1.82, 2.24) is 35.3 Å². The first kappa shape index (κ1) is 30.7. The molecule has 3 N–H and O–H groups in total. The third-order valence-corrected chi connectivity index (χ3v) is 9.39. The van der Waals surface area contributed by atoms with Crippen molar-refractivity contribution in [3.05, 3.63) is 71.7 Å². The van der Waals surface area contributed by atoms with E-state index in [1.165, 1.54) is 5.56 Å². The van der Waals surface area contributed by atoms with Gasteiger partial charge in [-0.3, -0.25) is 39.1 Å². The molecule has 242 valence electrons. The van der Waals surface area contributed by atoms with Crippen LogP contribution in [0.15, 0.2) is 55.0 Å². The van der Waals surface area contributed by atoms with Gasteiger partial charge in [-0.2, -0.15) is 5.10 Å². The minimum absolute atomic E-state index is 0.0969. The highest BCUT2D eigenvalue weighted by molar-refractivity contribution is 6.23. The van der Waals surface area contributed by atoms with Crippen molar-refractivity contribution < 1.29 is 19.2 Å². The number of aryl methyl sites for hydroxylation is 1. The van der Waals surface area contributed by atoms with Crippen LogP contribution in [0.5, 0.6) is 0 Å².